The molecule has 3 aromatic carbocycles. The van der Waals surface area contributed by atoms with Crippen molar-refractivity contribution in [1.29, 1.82) is 0 Å². The lowest BCUT2D eigenvalue weighted by atomic mass is 10.1. The van der Waals surface area contributed by atoms with Crippen LogP contribution in [0.25, 0.3) is 12.2 Å². The number of halogens is 1. The van der Waals surface area contributed by atoms with E-state index in [1.54, 1.807) is 33.6 Å². The number of hydrogen-bond acceptors (Lipinski definition) is 8. The molecular weight excluding hydrogens is 554 g/mol. The van der Waals surface area contributed by atoms with Gasteiger partial charge in [-0.1, -0.05) is 24.3 Å². The minimum atomic E-state index is -0.242. The van der Waals surface area contributed by atoms with Gasteiger partial charge in [-0.3, -0.25) is 4.79 Å². The van der Waals surface area contributed by atoms with E-state index in [-0.39, 0.29) is 5.78 Å². The molecule has 8 nitrogen and oxygen atoms in total. The highest BCUT2D eigenvalue weighted by Gasteiger charge is 2.21. The van der Waals surface area contributed by atoms with Crippen molar-refractivity contribution < 1.29 is 33.2 Å². The molecule has 0 saturated heterocycles. The highest BCUT2D eigenvalue weighted by Crippen LogP contribution is 2.45. The van der Waals surface area contributed by atoms with Gasteiger partial charge in [0.25, 0.3) is 0 Å². The van der Waals surface area contributed by atoms with Crippen molar-refractivity contribution in [3.05, 3.63) is 75.9 Å². The lowest BCUT2D eigenvalue weighted by Crippen LogP contribution is -2.03. The van der Waals surface area contributed by atoms with Crippen LogP contribution in [0.4, 0.5) is 5.69 Å². The van der Waals surface area contributed by atoms with Gasteiger partial charge in [-0.05, 0) is 57.4 Å². The van der Waals surface area contributed by atoms with E-state index in [2.05, 4.69) is 21.2 Å². The summed E-state index contributed by atoms with van der Waals surface area (Å²) in [6.07, 6.45) is 6.95. The topological polar surface area (TPSA) is 84.5 Å². The van der Waals surface area contributed by atoms with Crippen molar-refractivity contribution in [2.75, 3.05) is 48.0 Å². The van der Waals surface area contributed by atoms with Crippen molar-refractivity contribution in [2.45, 2.75) is 0 Å². The summed E-state index contributed by atoms with van der Waals surface area (Å²) in [6, 6.07) is 13.1. The van der Waals surface area contributed by atoms with Gasteiger partial charge in [0.1, 0.15) is 0 Å². The summed E-state index contributed by atoms with van der Waals surface area (Å²) in [6.45, 7) is 0. The van der Waals surface area contributed by atoms with Crippen LogP contribution >= 0.6 is 15.9 Å². The van der Waals surface area contributed by atoms with Gasteiger partial charge in [-0.25, -0.2) is 0 Å². The van der Waals surface area contributed by atoms with Crippen molar-refractivity contribution in [3.8, 4) is 34.5 Å². The second kappa shape index (κ2) is 13.4. The zero-order valence-corrected chi connectivity index (χ0v) is 23.7. The van der Waals surface area contributed by atoms with Crippen molar-refractivity contribution in [3.63, 3.8) is 0 Å². The lowest BCUT2D eigenvalue weighted by molar-refractivity contribution is 0.104. The molecule has 9 heteroatoms. The normalized spacial score (nSPS) is 10.9. The van der Waals surface area contributed by atoms with Gasteiger partial charge in [-0.2, -0.15) is 0 Å². The maximum Gasteiger partial charge on any atom is 0.204 e. The summed E-state index contributed by atoms with van der Waals surface area (Å²) < 4.78 is 32.8. The van der Waals surface area contributed by atoms with Crippen LogP contribution < -0.4 is 33.7 Å². The van der Waals surface area contributed by atoms with E-state index in [4.69, 9.17) is 28.4 Å². The fourth-order valence-electron chi connectivity index (χ4n) is 3.68. The molecule has 0 aliphatic heterocycles. The molecular formula is C29H30BrNO7. The molecule has 200 valence electrons. The molecule has 0 aromatic heterocycles. The van der Waals surface area contributed by atoms with Crippen LogP contribution in [0.3, 0.4) is 0 Å². The molecule has 0 saturated carbocycles. The third kappa shape index (κ3) is 6.41. The number of rotatable bonds is 12. The zero-order chi connectivity index (χ0) is 27.7. The summed E-state index contributed by atoms with van der Waals surface area (Å²) in [5, 5.41) is 3.11. The van der Waals surface area contributed by atoms with Crippen molar-refractivity contribution in [2.24, 2.45) is 0 Å². The second-order valence-electron chi connectivity index (χ2n) is 7.76. The van der Waals surface area contributed by atoms with E-state index >= 15 is 0 Å². The van der Waals surface area contributed by atoms with E-state index < -0.39 is 0 Å². The number of carbonyl (C=O) groups excluding carboxylic acids is 1. The van der Waals surface area contributed by atoms with Gasteiger partial charge in [-0.15, -0.1) is 0 Å². The highest BCUT2D eigenvalue weighted by molar-refractivity contribution is 9.10. The number of hydrogen-bond donors (Lipinski definition) is 1. The van der Waals surface area contributed by atoms with Gasteiger partial charge in [0.15, 0.2) is 28.8 Å². The van der Waals surface area contributed by atoms with Crippen molar-refractivity contribution in [1.82, 2.24) is 0 Å². The van der Waals surface area contributed by atoms with Crippen LogP contribution in [0.1, 0.15) is 21.5 Å². The van der Waals surface area contributed by atoms with Crippen LogP contribution in [-0.2, 0) is 0 Å². The lowest BCUT2D eigenvalue weighted by Gasteiger charge is -2.15. The SMILES string of the molecule is COc1cc(C=Cc2ccc(NC=CC(=O)c3cc(OC)c(OC)c(OC)c3Br)cc2)cc(OC)c1OC. The molecule has 3 rings (SSSR count). The van der Waals surface area contributed by atoms with Gasteiger partial charge >= 0.3 is 0 Å². The Bertz CT molecular complexity index is 1310. The van der Waals surface area contributed by atoms with E-state index in [1.807, 2.05) is 48.6 Å². The Morgan fingerprint density at radius 1 is 0.684 bits per heavy atom. The minimum Gasteiger partial charge on any atom is -0.493 e. The molecule has 38 heavy (non-hydrogen) atoms. The predicted molar refractivity (Wildman–Crippen MR) is 152 cm³/mol. The van der Waals surface area contributed by atoms with Crippen molar-refractivity contribution >= 4 is 39.6 Å². The van der Waals surface area contributed by atoms with E-state index in [0.29, 0.717) is 44.5 Å². The number of nitrogens with one attached hydrogen (secondary N) is 1. The van der Waals surface area contributed by atoms with Gasteiger partial charge in [0, 0.05) is 23.5 Å². The molecule has 3 aromatic rings. The minimum absolute atomic E-state index is 0.242. The molecule has 0 amide bonds. The number of ether oxygens (including phenoxy) is 6. The molecule has 0 aliphatic carbocycles. The zero-order valence-electron chi connectivity index (χ0n) is 22.1. The molecule has 0 unspecified atom stereocenters. The first kappa shape index (κ1) is 28.5. The Morgan fingerprint density at radius 3 is 1.74 bits per heavy atom. The maximum absolute atomic E-state index is 12.9. The standard InChI is InChI=1S/C29H30BrNO7/c1-33-23-15-19(16-24(34-2)27(23)36-4)8-7-18-9-11-20(12-10-18)31-14-13-22(32)21-17-25(35-3)28(37-5)29(38-6)26(21)30/h7-17,31H,1-6H3. The quantitative estimate of drug-likeness (QED) is 0.147. The molecule has 0 aliphatic rings. The van der Waals surface area contributed by atoms with Crippen LogP contribution in [-0.4, -0.2) is 48.4 Å². The number of methoxy groups -OCH3 is 6. The first-order valence-corrected chi connectivity index (χ1v) is 12.2. The van der Waals surface area contributed by atoms with Crippen LogP contribution in [0, 0.1) is 0 Å². The average Bonchev–Trinajstić information content (AvgIpc) is 2.95. The third-order valence-electron chi connectivity index (χ3n) is 5.59. The van der Waals surface area contributed by atoms with E-state index in [0.717, 1.165) is 16.8 Å². The third-order valence-corrected chi connectivity index (χ3v) is 6.37. The summed E-state index contributed by atoms with van der Waals surface area (Å²) >= 11 is 3.43. The number of anilines is 1. The van der Waals surface area contributed by atoms with Gasteiger partial charge in [0.05, 0.1) is 47.1 Å². The largest absolute Gasteiger partial charge is 0.493 e. The molecule has 0 bridgehead atoms. The average molecular weight is 584 g/mol. The van der Waals surface area contributed by atoms with Crippen LogP contribution in [0.15, 0.2) is 59.2 Å². The Labute approximate surface area is 230 Å². The van der Waals surface area contributed by atoms with E-state index in [9.17, 15) is 4.79 Å². The number of benzene rings is 3. The molecule has 0 spiro atoms. The molecule has 0 fully saturated rings. The highest BCUT2D eigenvalue weighted by atomic mass is 79.9. The van der Waals surface area contributed by atoms with Crippen LogP contribution in [0.2, 0.25) is 0 Å². The fraction of sp³-hybridized carbons (Fsp3) is 0.207. The summed E-state index contributed by atoms with van der Waals surface area (Å²) in [5.74, 6) is 2.66. The smallest absolute Gasteiger partial charge is 0.204 e. The summed E-state index contributed by atoms with van der Waals surface area (Å²) in [5.41, 5.74) is 3.10. The van der Waals surface area contributed by atoms with Crippen LogP contribution in [0.5, 0.6) is 34.5 Å². The van der Waals surface area contributed by atoms with Gasteiger partial charge in [0.2, 0.25) is 11.5 Å². The monoisotopic (exact) mass is 583 g/mol. The molecule has 0 atom stereocenters. The molecule has 1 N–H and O–H groups in total. The maximum atomic E-state index is 12.9. The van der Waals surface area contributed by atoms with E-state index in [1.165, 1.54) is 27.4 Å². The first-order chi connectivity index (χ1) is 18.4. The predicted octanol–water partition coefficient (Wildman–Crippen LogP) is 6.48. The number of allylic oxidation sites excluding steroid dienone is 1. The van der Waals surface area contributed by atoms with Gasteiger partial charge < -0.3 is 33.7 Å². The molecule has 0 heterocycles. The Kier molecular flexibility index (Phi) is 10.1. The number of ketones is 1. The Balaban J connectivity index is 1.70. The Morgan fingerprint density at radius 2 is 1.21 bits per heavy atom. The second-order valence-corrected chi connectivity index (χ2v) is 8.56. The summed E-state index contributed by atoms with van der Waals surface area (Å²) in [4.78, 5) is 12.9. The first-order valence-electron chi connectivity index (χ1n) is 11.4. The summed E-state index contributed by atoms with van der Waals surface area (Å²) in [7, 11) is 9.25. The Hall–Kier alpha value is -4.11. The fourth-order valence-corrected chi connectivity index (χ4v) is 4.34. The molecule has 0 radical (unpaired) electrons. The number of carbonyl (C=O) groups is 1.